The highest BCUT2D eigenvalue weighted by Gasteiger charge is 2.46. The summed E-state index contributed by atoms with van der Waals surface area (Å²) in [5, 5.41) is 11.6. The van der Waals surface area contributed by atoms with E-state index in [0.717, 1.165) is 6.54 Å². The summed E-state index contributed by atoms with van der Waals surface area (Å²) < 4.78 is 17.4. The van der Waals surface area contributed by atoms with Gasteiger partial charge in [0.1, 0.15) is 28.8 Å². The molecular weight excluding hydrogens is 508 g/mol. The molecule has 4 rings (SSSR count). The molecule has 0 bridgehead atoms. The number of ketones is 1. The van der Waals surface area contributed by atoms with Gasteiger partial charge in [0.05, 0.1) is 30.4 Å². The number of benzene rings is 3. The molecule has 1 saturated heterocycles. The van der Waals surface area contributed by atoms with Crippen molar-refractivity contribution in [3.8, 4) is 23.0 Å². The van der Waals surface area contributed by atoms with Gasteiger partial charge in [0.25, 0.3) is 11.7 Å². The number of aliphatic hydroxyl groups excluding tert-OH is 1. The highest BCUT2D eigenvalue weighted by atomic mass is 16.5. The molecule has 1 unspecified atom stereocenters. The van der Waals surface area contributed by atoms with Crippen LogP contribution in [-0.2, 0) is 9.59 Å². The van der Waals surface area contributed by atoms with Gasteiger partial charge >= 0.3 is 0 Å². The topological polar surface area (TPSA) is 88.5 Å². The molecule has 1 aliphatic heterocycles. The van der Waals surface area contributed by atoms with Gasteiger partial charge in [-0.2, -0.15) is 0 Å². The fourth-order valence-corrected chi connectivity index (χ4v) is 4.76. The molecule has 0 aliphatic carbocycles. The number of hydrogen-bond acceptors (Lipinski definition) is 7. The third-order valence-corrected chi connectivity index (χ3v) is 6.52. The minimum atomic E-state index is -0.803. The molecule has 8 heteroatoms. The summed E-state index contributed by atoms with van der Waals surface area (Å²) in [5.74, 6) is 0.480. The van der Waals surface area contributed by atoms with Crippen LogP contribution in [0.4, 0.5) is 0 Å². The van der Waals surface area contributed by atoms with Crippen molar-refractivity contribution in [2.75, 3.05) is 40.4 Å². The molecule has 0 saturated carbocycles. The van der Waals surface area contributed by atoms with Crippen molar-refractivity contribution in [1.29, 1.82) is 0 Å². The second-order valence-corrected chi connectivity index (χ2v) is 9.66. The molecular formula is C32H36N2O6. The molecule has 40 heavy (non-hydrogen) atoms. The Bertz CT molecular complexity index is 1370. The summed E-state index contributed by atoms with van der Waals surface area (Å²) in [7, 11) is 3.91. The number of likely N-dealkylation sites (tertiary alicyclic amines) is 1. The lowest BCUT2D eigenvalue weighted by atomic mass is 9.94. The monoisotopic (exact) mass is 544 g/mol. The van der Waals surface area contributed by atoms with Gasteiger partial charge in [-0.25, -0.2) is 0 Å². The number of Topliss-reactive ketones (excluding diaryl/α,β-unsaturated/α-hetero) is 1. The van der Waals surface area contributed by atoms with Crippen molar-refractivity contribution < 1.29 is 28.9 Å². The first kappa shape index (κ1) is 28.7. The maximum Gasteiger partial charge on any atom is 0.295 e. The number of rotatable bonds is 12. The average molecular weight is 545 g/mol. The van der Waals surface area contributed by atoms with Crippen LogP contribution < -0.4 is 14.2 Å². The number of amides is 1. The van der Waals surface area contributed by atoms with Gasteiger partial charge in [0.15, 0.2) is 0 Å². The zero-order valence-corrected chi connectivity index (χ0v) is 23.4. The van der Waals surface area contributed by atoms with Gasteiger partial charge in [-0.3, -0.25) is 9.59 Å². The lowest BCUT2D eigenvalue weighted by Crippen LogP contribution is -2.32. The second kappa shape index (κ2) is 13.2. The number of carbonyl (C=O) groups is 2. The first-order valence-corrected chi connectivity index (χ1v) is 13.5. The van der Waals surface area contributed by atoms with Gasteiger partial charge < -0.3 is 29.1 Å². The Morgan fingerprint density at radius 3 is 2.30 bits per heavy atom. The fourth-order valence-electron chi connectivity index (χ4n) is 4.76. The number of carbonyl (C=O) groups excluding carboxylic acids is 2. The summed E-state index contributed by atoms with van der Waals surface area (Å²) in [5.41, 5.74) is 0.984. The van der Waals surface area contributed by atoms with E-state index >= 15 is 0 Å². The van der Waals surface area contributed by atoms with E-state index in [9.17, 15) is 14.7 Å². The molecule has 0 aromatic heterocycles. The molecule has 8 nitrogen and oxygen atoms in total. The van der Waals surface area contributed by atoms with Crippen LogP contribution in [0.25, 0.3) is 5.76 Å². The van der Waals surface area contributed by atoms with Crippen molar-refractivity contribution in [2.24, 2.45) is 0 Å². The van der Waals surface area contributed by atoms with E-state index in [4.69, 9.17) is 14.2 Å². The maximum absolute atomic E-state index is 13.5. The molecule has 1 fully saturated rings. The number of hydrogen-bond donors (Lipinski definition) is 1. The maximum atomic E-state index is 13.5. The molecule has 1 N–H and O–H groups in total. The minimum Gasteiger partial charge on any atom is -0.507 e. The summed E-state index contributed by atoms with van der Waals surface area (Å²) in [6, 6.07) is 20.9. The van der Waals surface area contributed by atoms with Crippen LogP contribution in [0.15, 0.2) is 78.4 Å². The van der Waals surface area contributed by atoms with E-state index in [1.807, 2.05) is 81.4 Å². The van der Waals surface area contributed by atoms with Gasteiger partial charge in [0, 0.05) is 12.6 Å². The van der Waals surface area contributed by atoms with Crippen LogP contribution in [0.2, 0.25) is 0 Å². The highest BCUT2D eigenvalue weighted by molar-refractivity contribution is 6.46. The Balaban J connectivity index is 1.82. The summed E-state index contributed by atoms with van der Waals surface area (Å²) in [4.78, 5) is 30.4. The Morgan fingerprint density at radius 2 is 1.60 bits per heavy atom. The quantitative estimate of drug-likeness (QED) is 0.179. The van der Waals surface area contributed by atoms with Crippen LogP contribution in [0.1, 0.15) is 37.4 Å². The van der Waals surface area contributed by atoms with E-state index < -0.39 is 17.7 Å². The third-order valence-electron chi connectivity index (χ3n) is 6.52. The van der Waals surface area contributed by atoms with E-state index in [2.05, 4.69) is 0 Å². The van der Waals surface area contributed by atoms with Crippen molar-refractivity contribution in [2.45, 2.75) is 26.3 Å². The zero-order chi connectivity index (χ0) is 28.6. The lowest BCUT2D eigenvalue weighted by Gasteiger charge is -2.26. The van der Waals surface area contributed by atoms with Crippen molar-refractivity contribution in [1.82, 2.24) is 9.80 Å². The smallest absolute Gasteiger partial charge is 0.295 e. The molecule has 3 aromatic carbocycles. The molecule has 0 radical (unpaired) electrons. The van der Waals surface area contributed by atoms with E-state index in [1.165, 1.54) is 4.90 Å². The number of para-hydroxylation sites is 1. The molecule has 210 valence electrons. The fraction of sp³-hybridized carbons (Fsp3) is 0.312. The summed E-state index contributed by atoms with van der Waals surface area (Å²) >= 11 is 0. The minimum absolute atomic E-state index is 0.0110. The number of nitrogens with zero attached hydrogens (tertiary/aromatic N) is 2. The predicted molar refractivity (Wildman–Crippen MR) is 154 cm³/mol. The van der Waals surface area contributed by atoms with E-state index in [-0.39, 0.29) is 11.3 Å². The lowest BCUT2D eigenvalue weighted by molar-refractivity contribution is -0.139. The number of ether oxygens (including phenoxy) is 3. The van der Waals surface area contributed by atoms with Gasteiger partial charge in [-0.05, 0) is 82.9 Å². The third kappa shape index (κ3) is 6.46. The zero-order valence-electron chi connectivity index (χ0n) is 23.4. The first-order valence-electron chi connectivity index (χ1n) is 13.5. The van der Waals surface area contributed by atoms with E-state index in [1.54, 1.807) is 24.3 Å². The number of aliphatic hydroxyl groups is 1. The van der Waals surface area contributed by atoms with Gasteiger partial charge in [-0.15, -0.1) is 0 Å². The summed E-state index contributed by atoms with van der Waals surface area (Å²) in [6.07, 6.45) is 0.657. The predicted octanol–water partition coefficient (Wildman–Crippen LogP) is 5.65. The second-order valence-electron chi connectivity index (χ2n) is 9.66. The highest BCUT2D eigenvalue weighted by Crippen LogP contribution is 2.42. The first-order chi connectivity index (χ1) is 19.3. The summed E-state index contributed by atoms with van der Waals surface area (Å²) in [6.45, 7) is 5.60. The average Bonchev–Trinajstić information content (AvgIpc) is 3.19. The van der Waals surface area contributed by atoms with E-state index in [0.29, 0.717) is 60.3 Å². The Morgan fingerprint density at radius 1 is 0.875 bits per heavy atom. The normalized spacial score (nSPS) is 16.4. The SMILES string of the molecule is CCOc1ccc(/C(O)=C2\C(=O)C(=O)N(CCCN(C)C)C2c2cccc(Oc3ccccc3)c2)c(OCC)c1. The van der Waals surface area contributed by atoms with Gasteiger partial charge in [0.2, 0.25) is 0 Å². The van der Waals surface area contributed by atoms with Crippen LogP contribution in [0, 0.1) is 0 Å². The molecule has 1 atom stereocenters. The molecule has 1 heterocycles. The molecule has 1 aliphatic rings. The molecule has 1 amide bonds. The van der Waals surface area contributed by atoms with Gasteiger partial charge in [-0.1, -0.05) is 30.3 Å². The van der Waals surface area contributed by atoms with Crippen LogP contribution in [0.5, 0.6) is 23.0 Å². The molecule has 0 spiro atoms. The Labute approximate surface area is 235 Å². The largest absolute Gasteiger partial charge is 0.507 e. The van der Waals surface area contributed by atoms with Crippen molar-refractivity contribution in [3.63, 3.8) is 0 Å². The standard InChI is InChI=1S/C32H36N2O6/c1-5-38-24-16-17-26(27(21-24)39-6-2)30(35)28-29(34(32(37)31(28)36)19-11-18-33(3)4)22-12-10-15-25(20-22)40-23-13-8-7-9-14-23/h7-10,12-17,20-21,29,35H,5-6,11,18-19H2,1-4H3/b30-28+. The van der Waals surface area contributed by atoms with Crippen LogP contribution in [-0.4, -0.2) is 67.0 Å². The Hall–Kier alpha value is -4.30. The van der Waals surface area contributed by atoms with Crippen molar-refractivity contribution in [3.05, 3.63) is 89.5 Å². The molecule has 3 aromatic rings. The van der Waals surface area contributed by atoms with Crippen LogP contribution in [0.3, 0.4) is 0 Å². The Kier molecular flexibility index (Phi) is 9.45. The van der Waals surface area contributed by atoms with Crippen LogP contribution >= 0.6 is 0 Å². The van der Waals surface area contributed by atoms with Crippen molar-refractivity contribution >= 4 is 17.4 Å².